The largest absolute Gasteiger partial charge is 0.401 e. The van der Waals surface area contributed by atoms with Crippen molar-refractivity contribution >= 4 is 22.9 Å². The number of nitrogens with zero attached hydrogens (tertiary/aromatic N) is 1. The Morgan fingerprint density at radius 1 is 1.38 bits per heavy atom. The van der Waals surface area contributed by atoms with Crippen LogP contribution in [0.4, 0.5) is 4.39 Å². The van der Waals surface area contributed by atoms with Gasteiger partial charge < -0.3 is 21.8 Å². The van der Waals surface area contributed by atoms with Crippen molar-refractivity contribution in [1.29, 1.82) is 0 Å². The van der Waals surface area contributed by atoms with Gasteiger partial charge in [0.15, 0.2) is 0 Å². The molecule has 6 nitrogen and oxygen atoms in total. The third kappa shape index (κ3) is 5.04. The van der Waals surface area contributed by atoms with Crippen LogP contribution < -0.4 is 22.6 Å². The van der Waals surface area contributed by atoms with Crippen LogP contribution in [-0.2, 0) is 6.42 Å². The highest BCUT2D eigenvalue weighted by Gasteiger charge is 2.17. The molecule has 0 spiro atoms. The van der Waals surface area contributed by atoms with E-state index in [2.05, 4.69) is 5.32 Å². The van der Waals surface area contributed by atoms with Gasteiger partial charge in [0, 0.05) is 36.3 Å². The summed E-state index contributed by atoms with van der Waals surface area (Å²) in [5.41, 5.74) is 14.4. The molecule has 0 aliphatic heterocycles. The maximum atomic E-state index is 13.3. The molecule has 2 aromatic rings. The van der Waals surface area contributed by atoms with E-state index < -0.39 is 0 Å². The number of rotatable bonds is 7. The molecule has 1 aromatic heterocycles. The molecule has 7 N–H and O–H groups in total. The Labute approximate surface area is 156 Å². The summed E-state index contributed by atoms with van der Waals surface area (Å²) in [6.45, 7) is 2.00. The fourth-order valence-electron chi connectivity index (χ4n) is 2.69. The number of benzene rings is 1. The topological polar surface area (TPSA) is 110 Å². The fraction of sp³-hybridized carbons (Fsp3) is 0.278. The van der Waals surface area contributed by atoms with Crippen LogP contribution in [0.1, 0.15) is 27.7 Å². The van der Waals surface area contributed by atoms with Gasteiger partial charge in [-0.15, -0.1) is 11.3 Å². The van der Waals surface area contributed by atoms with Crippen LogP contribution in [0.25, 0.3) is 5.70 Å². The smallest absolute Gasteiger partial charge is 0.261 e. The lowest BCUT2D eigenvalue weighted by atomic mass is 10.1. The van der Waals surface area contributed by atoms with Crippen LogP contribution in [-0.4, -0.2) is 30.6 Å². The Morgan fingerprint density at radius 3 is 2.69 bits per heavy atom. The van der Waals surface area contributed by atoms with Crippen molar-refractivity contribution in [3.05, 3.63) is 63.2 Å². The van der Waals surface area contributed by atoms with E-state index in [1.165, 1.54) is 28.5 Å². The average molecular weight is 377 g/mol. The Balaban J connectivity index is 2.10. The van der Waals surface area contributed by atoms with Gasteiger partial charge in [0.2, 0.25) is 0 Å². The van der Waals surface area contributed by atoms with Crippen molar-refractivity contribution in [2.24, 2.45) is 17.3 Å². The molecule has 1 amide bonds. The van der Waals surface area contributed by atoms with Gasteiger partial charge in [0.25, 0.3) is 5.91 Å². The highest BCUT2D eigenvalue weighted by atomic mass is 32.1. The summed E-state index contributed by atoms with van der Waals surface area (Å²) in [7, 11) is 1.69. The monoisotopic (exact) mass is 377 g/mol. The van der Waals surface area contributed by atoms with Gasteiger partial charge in [-0.25, -0.2) is 10.2 Å². The van der Waals surface area contributed by atoms with E-state index in [1.54, 1.807) is 32.2 Å². The van der Waals surface area contributed by atoms with E-state index in [4.69, 9.17) is 17.3 Å². The van der Waals surface area contributed by atoms with E-state index in [1.807, 2.05) is 5.38 Å². The predicted octanol–water partition coefficient (Wildman–Crippen LogP) is 1.64. The number of halogens is 1. The zero-order valence-corrected chi connectivity index (χ0v) is 15.6. The maximum absolute atomic E-state index is 13.3. The third-order valence-corrected chi connectivity index (χ3v) is 4.74. The molecule has 0 radical (unpaired) electrons. The number of hydrogen-bond donors (Lipinski definition) is 4. The van der Waals surface area contributed by atoms with Crippen LogP contribution in [0.2, 0.25) is 0 Å². The molecule has 2 rings (SSSR count). The van der Waals surface area contributed by atoms with E-state index in [0.717, 1.165) is 11.1 Å². The Kier molecular flexibility index (Phi) is 6.73. The van der Waals surface area contributed by atoms with Crippen LogP contribution in [0.5, 0.6) is 0 Å². The number of carbonyl (C=O) groups is 1. The first-order chi connectivity index (χ1) is 12.3. The summed E-state index contributed by atoms with van der Waals surface area (Å²) in [6, 6.07) is 7.71. The molecule has 8 heteroatoms. The van der Waals surface area contributed by atoms with Crippen molar-refractivity contribution in [2.45, 2.75) is 19.4 Å². The maximum Gasteiger partial charge on any atom is 0.261 e. The van der Waals surface area contributed by atoms with Crippen molar-refractivity contribution in [3.63, 3.8) is 0 Å². The average Bonchev–Trinajstić information content (AvgIpc) is 3.03. The standard InChI is InChI=1S/C18H24FN5OS/c1-11(21)17(24(2)22)13-8-16(26-10-13)18(25)23-15(9-20)7-12-4-3-5-14(19)6-12/h3-6,8,10,15H,7,9,20-22H2,1-2H3,(H,23,25)/b17-11-/t15-/m0/s1. The number of hydrogen-bond acceptors (Lipinski definition) is 6. The molecule has 1 atom stereocenters. The number of carbonyl (C=O) groups excluding carboxylic acids is 1. The van der Waals surface area contributed by atoms with E-state index in [-0.39, 0.29) is 24.3 Å². The summed E-state index contributed by atoms with van der Waals surface area (Å²) in [4.78, 5) is 13.1. The summed E-state index contributed by atoms with van der Waals surface area (Å²) < 4.78 is 13.3. The second kappa shape index (κ2) is 8.79. The lowest BCUT2D eigenvalue weighted by Crippen LogP contribution is -2.41. The first-order valence-electron chi connectivity index (χ1n) is 8.10. The van der Waals surface area contributed by atoms with E-state index >= 15 is 0 Å². The Bertz CT molecular complexity index is 798. The van der Waals surface area contributed by atoms with Gasteiger partial charge in [0.05, 0.1) is 10.6 Å². The zero-order valence-electron chi connectivity index (χ0n) is 14.8. The predicted molar refractivity (Wildman–Crippen MR) is 103 cm³/mol. The molecule has 1 aromatic carbocycles. The molecule has 1 heterocycles. The molecule has 0 fully saturated rings. The summed E-state index contributed by atoms with van der Waals surface area (Å²) >= 11 is 1.30. The van der Waals surface area contributed by atoms with Gasteiger partial charge in [0.1, 0.15) is 5.82 Å². The third-order valence-electron chi connectivity index (χ3n) is 3.81. The molecular weight excluding hydrogens is 353 g/mol. The van der Waals surface area contributed by atoms with Crippen LogP contribution in [0.3, 0.4) is 0 Å². The van der Waals surface area contributed by atoms with Gasteiger partial charge in [-0.05, 0) is 37.1 Å². The Morgan fingerprint density at radius 2 is 2.12 bits per heavy atom. The first-order valence-corrected chi connectivity index (χ1v) is 8.98. The van der Waals surface area contributed by atoms with Crippen molar-refractivity contribution in [1.82, 2.24) is 10.3 Å². The summed E-state index contributed by atoms with van der Waals surface area (Å²) in [5, 5.41) is 6.14. The van der Waals surface area contributed by atoms with E-state index in [0.29, 0.717) is 22.7 Å². The molecule has 0 aliphatic carbocycles. The Hall–Kier alpha value is -2.42. The van der Waals surface area contributed by atoms with Gasteiger partial charge >= 0.3 is 0 Å². The number of nitrogens with two attached hydrogens (primary N) is 3. The number of allylic oxidation sites excluding steroid dienone is 1. The number of nitrogens with one attached hydrogen (secondary N) is 1. The number of thiophene rings is 1. The molecule has 0 aliphatic rings. The molecule has 140 valence electrons. The van der Waals surface area contributed by atoms with Crippen LogP contribution in [0, 0.1) is 5.82 Å². The minimum Gasteiger partial charge on any atom is -0.401 e. The molecule has 0 unspecified atom stereocenters. The SMILES string of the molecule is C/C(N)=C(\c1csc(C(=O)N[C@H](CN)Cc2cccc(F)c2)c1)N(C)N. The van der Waals surface area contributed by atoms with E-state index in [9.17, 15) is 9.18 Å². The zero-order chi connectivity index (χ0) is 19.3. The highest BCUT2D eigenvalue weighted by molar-refractivity contribution is 7.12. The van der Waals surface area contributed by atoms with Crippen LogP contribution in [0.15, 0.2) is 41.4 Å². The number of amides is 1. The van der Waals surface area contributed by atoms with Crippen molar-refractivity contribution in [3.8, 4) is 0 Å². The highest BCUT2D eigenvalue weighted by Crippen LogP contribution is 2.24. The van der Waals surface area contributed by atoms with Gasteiger partial charge in [-0.2, -0.15) is 0 Å². The summed E-state index contributed by atoms with van der Waals surface area (Å²) in [5.74, 6) is 5.26. The second-order valence-corrected chi connectivity index (χ2v) is 6.99. The molecule has 26 heavy (non-hydrogen) atoms. The first kappa shape index (κ1) is 19.9. The molecule has 0 saturated carbocycles. The lowest BCUT2D eigenvalue weighted by Gasteiger charge is -2.17. The van der Waals surface area contributed by atoms with Crippen LogP contribution >= 0.6 is 11.3 Å². The molecule has 0 bridgehead atoms. The minimum absolute atomic E-state index is 0.234. The number of hydrazine groups is 1. The molecular formula is C18H24FN5OS. The van der Waals surface area contributed by atoms with Gasteiger partial charge in [-0.3, -0.25) is 4.79 Å². The second-order valence-electron chi connectivity index (χ2n) is 6.08. The normalized spacial score (nSPS) is 13.1. The fourth-order valence-corrected chi connectivity index (χ4v) is 3.48. The van der Waals surface area contributed by atoms with Crippen molar-refractivity contribution in [2.75, 3.05) is 13.6 Å². The lowest BCUT2D eigenvalue weighted by molar-refractivity contribution is 0.0942. The van der Waals surface area contributed by atoms with Crippen molar-refractivity contribution < 1.29 is 9.18 Å². The summed E-state index contributed by atoms with van der Waals surface area (Å²) in [6.07, 6.45) is 0.455. The quantitative estimate of drug-likeness (QED) is 0.433. The molecule has 0 saturated heterocycles. The van der Waals surface area contributed by atoms with Gasteiger partial charge in [-0.1, -0.05) is 12.1 Å². The minimum atomic E-state index is -0.310.